The highest BCUT2D eigenvalue weighted by Crippen LogP contribution is 2.27. The molecule has 134 valence electrons. The third-order valence-corrected chi connectivity index (χ3v) is 6.03. The van der Waals surface area contributed by atoms with Gasteiger partial charge in [-0.1, -0.05) is 32.0 Å². The van der Waals surface area contributed by atoms with E-state index in [0.717, 1.165) is 41.1 Å². The molecule has 0 atom stereocenters. The summed E-state index contributed by atoms with van der Waals surface area (Å²) in [6.45, 7) is 7.17. The number of aromatic nitrogens is 2. The standard InChI is InChI=1S/C18H23BrN4OS/c1-12(2)16-15(19)17(22-21-16)18(24)20-14-6-4-3-5-13(14)11-23-7-9-25-10-8-23/h3-6,12H,7-11H2,1-2H3,(H,20,24)(H,21,22). The number of aromatic amines is 1. The van der Waals surface area contributed by atoms with E-state index in [2.05, 4.69) is 56.3 Å². The van der Waals surface area contributed by atoms with Crippen LogP contribution in [0, 0.1) is 0 Å². The molecule has 0 radical (unpaired) electrons. The van der Waals surface area contributed by atoms with Gasteiger partial charge in [-0.15, -0.1) is 0 Å². The van der Waals surface area contributed by atoms with Crippen LogP contribution in [0.4, 0.5) is 5.69 Å². The molecule has 0 unspecified atom stereocenters. The SMILES string of the molecule is CC(C)c1[nH]nc(C(=O)Nc2ccccc2CN2CCSCC2)c1Br. The number of para-hydroxylation sites is 1. The van der Waals surface area contributed by atoms with Crippen molar-refractivity contribution in [1.82, 2.24) is 15.1 Å². The summed E-state index contributed by atoms with van der Waals surface area (Å²) < 4.78 is 0.741. The number of hydrogen-bond acceptors (Lipinski definition) is 4. The molecule has 1 fully saturated rings. The molecule has 1 aliphatic rings. The highest BCUT2D eigenvalue weighted by molar-refractivity contribution is 9.10. The highest BCUT2D eigenvalue weighted by atomic mass is 79.9. The number of benzene rings is 1. The molecule has 1 aromatic carbocycles. The van der Waals surface area contributed by atoms with E-state index in [0.29, 0.717) is 5.69 Å². The zero-order valence-electron chi connectivity index (χ0n) is 14.5. The fraction of sp³-hybridized carbons (Fsp3) is 0.444. The summed E-state index contributed by atoms with van der Waals surface area (Å²) in [7, 11) is 0. The lowest BCUT2D eigenvalue weighted by atomic mass is 10.1. The molecule has 0 bridgehead atoms. The second kappa shape index (κ2) is 8.38. The molecule has 0 aliphatic carbocycles. The van der Waals surface area contributed by atoms with E-state index in [9.17, 15) is 4.79 Å². The third-order valence-electron chi connectivity index (χ3n) is 4.29. The smallest absolute Gasteiger partial charge is 0.277 e. The minimum atomic E-state index is -0.198. The van der Waals surface area contributed by atoms with Crippen molar-refractivity contribution in [3.05, 3.63) is 45.7 Å². The number of anilines is 1. The van der Waals surface area contributed by atoms with Gasteiger partial charge in [0.2, 0.25) is 0 Å². The van der Waals surface area contributed by atoms with Gasteiger partial charge in [-0.25, -0.2) is 0 Å². The Labute approximate surface area is 161 Å². The number of hydrogen-bond donors (Lipinski definition) is 2. The maximum atomic E-state index is 12.7. The number of halogens is 1. The largest absolute Gasteiger partial charge is 0.320 e. The first-order valence-electron chi connectivity index (χ1n) is 8.49. The summed E-state index contributed by atoms with van der Waals surface area (Å²) in [6.07, 6.45) is 0. The molecule has 1 aromatic heterocycles. The number of thioether (sulfide) groups is 1. The first-order chi connectivity index (χ1) is 12.1. The van der Waals surface area contributed by atoms with Crippen molar-refractivity contribution < 1.29 is 4.79 Å². The fourth-order valence-corrected chi connectivity index (χ4v) is 4.63. The number of carbonyl (C=O) groups excluding carboxylic acids is 1. The van der Waals surface area contributed by atoms with Crippen LogP contribution in [0.25, 0.3) is 0 Å². The molecule has 2 N–H and O–H groups in total. The predicted octanol–water partition coefficient (Wildman–Crippen LogP) is 4.10. The Kier molecular flexibility index (Phi) is 6.19. The van der Waals surface area contributed by atoms with Gasteiger partial charge in [0.1, 0.15) is 0 Å². The van der Waals surface area contributed by atoms with E-state index < -0.39 is 0 Å². The van der Waals surface area contributed by atoms with Gasteiger partial charge in [-0.2, -0.15) is 16.9 Å². The van der Waals surface area contributed by atoms with E-state index in [1.807, 2.05) is 30.0 Å². The minimum absolute atomic E-state index is 0.198. The first kappa shape index (κ1) is 18.5. The van der Waals surface area contributed by atoms with E-state index >= 15 is 0 Å². The van der Waals surface area contributed by atoms with Crippen molar-refractivity contribution in [3.63, 3.8) is 0 Å². The monoisotopic (exact) mass is 422 g/mol. The van der Waals surface area contributed by atoms with Crippen LogP contribution in [0.2, 0.25) is 0 Å². The molecule has 1 aliphatic heterocycles. The maximum Gasteiger partial charge on any atom is 0.277 e. The van der Waals surface area contributed by atoms with Gasteiger partial charge in [-0.3, -0.25) is 14.8 Å². The zero-order chi connectivity index (χ0) is 17.8. The van der Waals surface area contributed by atoms with Crippen molar-refractivity contribution in [1.29, 1.82) is 0 Å². The lowest BCUT2D eigenvalue weighted by molar-refractivity contribution is 0.102. The molecule has 1 saturated heterocycles. The van der Waals surface area contributed by atoms with E-state index in [4.69, 9.17) is 0 Å². The van der Waals surface area contributed by atoms with Gasteiger partial charge < -0.3 is 5.32 Å². The number of nitrogens with one attached hydrogen (secondary N) is 2. The average molecular weight is 423 g/mol. The number of amides is 1. The number of nitrogens with zero attached hydrogens (tertiary/aromatic N) is 2. The van der Waals surface area contributed by atoms with Gasteiger partial charge in [0.25, 0.3) is 5.91 Å². The van der Waals surface area contributed by atoms with Crippen LogP contribution in [0.1, 0.15) is 41.5 Å². The van der Waals surface area contributed by atoms with Crippen molar-refractivity contribution in [2.45, 2.75) is 26.3 Å². The van der Waals surface area contributed by atoms with E-state index in [1.54, 1.807) is 0 Å². The van der Waals surface area contributed by atoms with Crippen molar-refractivity contribution in [2.75, 3.05) is 29.9 Å². The lowest BCUT2D eigenvalue weighted by Gasteiger charge is -2.27. The zero-order valence-corrected chi connectivity index (χ0v) is 16.9. The Balaban J connectivity index is 1.75. The fourth-order valence-electron chi connectivity index (χ4n) is 2.84. The summed E-state index contributed by atoms with van der Waals surface area (Å²) in [5.41, 5.74) is 3.32. The molecule has 7 heteroatoms. The lowest BCUT2D eigenvalue weighted by Crippen LogP contribution is -2.32. The van der Waals surface area contributed by atoms with Gasteiger partial charge in [0.15, 0.2) is 5.69 Å². The molecule has 5 nitrogen and oxygen atoms in total. The molecule has 2 heterocycles. The quantitative estimate of drug-likeness (QED) is 0.761. The molecular weight excluding hydrogens is 400 g/mol. The molecule has 3 rings (SSSR count). The summed E-state index contributed by atoms with van der Waals surface area (Å²) in [5, 5.41) is 10.2. The second-order valence-corrected chi connectivity index (χ2v) is 8.47. The van der Waals surface area contributed by atoms with Gasteiger partial charge >= 0.3 is 0 Å². The van der Waals surface area contributed by atoms with Crippen LogP contribution in [0.15, 0.2) is 28.7 Å². The highest BCUT2D eigenvalue weighted by Gasteiger charge is 2.20. The summed E-state index contributed by atoms with van der Waals surface area (Å²) in [5.74, 6) is 2.42. The normalized spacial score (nSPS) is 15.5. The number of carbonyl (C=O) groups is 1. The second-order valence-electron chi connectivity index (χ2n) is 6.45. The first-order valence-corrected chi connectivity index (χ1v) is 10.4. The van der Waals surface area contributed by atoms with Crippen LogP contribution < -0.4 is 5.32 Å². The minimum Gasteiger partial charge on any atom is -0.320 e. The Morgan fingerprint density at radius 1 is 1.36 bits per heavy atom. The van der Waals surface area contributed by atoms with Crippen LogP contribution in [0.5, 0.6) is 0 Å². The Morgan fingerprint density at radius 3 is 2.76 bits per heavy atom. The molecular formula is C18H23BrN4OS. The predicted molar refractivity (Wildman–Crippen MR) is 107 cm³/mol. The molecule has 25 heavy (non-hydrogen) atoms. The Bertz CT molecular complexity index is 740. The average Bonchev–Trinajstić information content (AvgIpc) is 2.99. The molecule has 1 amide bonds. The summed E-state index contributed by atoms with van der Waals surface area (Å²) in [6, 6.07) is 8.00. The Hall–Kier alpha value is -1.31. The Morgan fingerprint density at radius 2 is 2.08 bits per heavy atom. The van der Waals surface area contributed by atoms with Gasteiger partial charge in [-0.05, 0) is 33.5 Å². The molecule has 2 aromatic rings. The van der Waals surface area contributed by atoms with Crippen molar-refractivity contribution in [3.8, 4) is 0 Å². The summed E-state index contributed by atoms with van der Waals surface area (Å²) >= 11 is 5.50. The number of rotatable bonds is 5. The third kappa shape index (κ3) is 4.46. The number of H-pyrrole nitrogens is 1. The van der Waals surface area contributed by atoms with E-state index in [-0.39, 0.29) is 11.8 Å². The molecule has 0 spiro atoms. The van der Waals surface area contributed by atoms with Crippen LogP contribution in [0.3, 0.4) is 0 Å². The molecule has 0 saturated carbocycles. The van der Waals surface area contributed by atoms with Crippen LogP contribution in [-0.2, 0) is 6.54 Å². The van der Waals surface area contributed by atoms with Crippen molar-refractivity contribution >= 4 is 39.3 Å². The van der Waals surface area contributed by atoms with Crippen LogP contribution in [-0.4, -0.2) is 45.6 Å². The van der Waals surface area contributed by atoms with Gasteiger partial charge in [0, 0.05) is 36.8 Å². The summed E-state index contributed by atoms with van der Waals surface area (Å²) in [4.78, 5) is 15.1. The maximum absolute atomic E-state index is 12.7. The van der Waals surface area contributed by atoms with Crippen LogP contribution >= 0.6 is 27.7 Å². The van der Waals surface area contributed by atoms with Gasteiger partial charge in [0.05, 0.1) is 10.2 Å². The topological polar surface area (TPSA) is 61.0 Å². The van der Waals surface area contributed by atoms with Crippen molar-refractivity contribution in [2.24, 2.45) is 0 Å². The van der Waals surface area contributed by atoms with E-state index in [1.165, 1.54) is 11.5 Å².